The summed E-state index contributed by atoms with van der Waals surface area (Å²) in [6.45, 7) is 11.9. The van der Waals surface area contributed by atoms with E-state index in [4.69, 9.17) is 0 Å². The first kappa shape index (κ1) is 22.6. The zero-order valence-electron chi connectivity index (χ0n) is 19.3. The maximum Gasteiger partial charge on any atom is 0.227 e. The molecular formula is C24H38N4O2. The normalized spacial score (nSPS) is 23.2. The number of nitrogens with zero attached hydrogens (tertiary/aromatic N) is 4. The molecular weight excluding hydrogens is 376 g/mol. The van der Waals surface area contributed by atoms with E-state index < -0.39 is 0 Å². The second kappa shape index (κ2) is 9.82. The molecule has 1 aromatic carbocycles. The maximum absolute atomic E-state index is 13.2. The fourth-order valence-electron chi connectivity index (χ4n) is 4.61. The Morgan fingerprint density at radius 1 is 1.13 bits per heavy atom. The van der Waals surface area contributed by atoms with Gasteiger partial charge in [0.2, 0.25) is 11.8 Å². The highest BCUT2D eigenvalue weighted by Gasteiger charge is 2.38. The number of piperidine rings is 1. The number of amides is 2. The van der Waals surface area contributed by atoms with Crippen LogP contribution in [0.5, 0.6) is 0 Å². The summed E-state index contributed by atoms with van der Waals surface area (Å²) in [5.41, 5.74) is 2.40. The first-order chi connectivity index (χ1) is 14.3. The van der Waals surface area contributed by atoms with Gasteiger partial charge in [-0.25, -0.2) is 0 Å². The van der Waals surface area contributed by atoms with Gasteiger partial charge in [-0.1, -0.05) is 26.0 Å². The summed E-state index contributed by atoms with van der Waals surface area (Å²) in [4.78, 5) is 34.0. The topological polar surface area (TPSA) is 47.1 Å². The van der Waals surface area contributed by atoms with Crippen molar-refractivity contribution in [2.75, 3.05) is 51.7 Å². The van der Waals surface area contributed by atoms with E-state index in [1.54, 1.807) is 0 Å². The smallest absolute Gasteiger partial charge is 0.227 e. The fraction of sp³-hybridized carbons (Fsp3) is 0.667. The van der Waals surface area contributed by atoms with E-state index in [0.29, 0.717) is 25.3 Å². The lowest BCUT2D eigenvalue weighted by atomic mass is 9.88. The predicted octanol–water partition coefficient (Wildman–Crippen LogP) is 2.68. The van der Waals surface area contributed by atoms with E-state index in [2.05, 4.69) is 55.0 Å². The molecule has 6 heteroatoms. The van der Waals surface area contributed by atoms with Crippen LogP contribution in [0.2, 0.25) is 0 Å². The minimum atomic E-state index is -0.115. The summed E-state index contributed by atoms with van der Waals surface area (Å²) >= 11 is 0. The first-order valence-corrected chi connectivity index (χ1v) is 11.3. The Balaban J connectivity index is 1.59. The number of likely N-dealkylation sites (tertiary alicyclic amines) is 1. The van der Waals surface area contributed by atoms with Gasteiger partial charge in [0.05, 0.1) is 5.92 Å². The molecule has 2 fully saturated rings. The molecule has 2 aliphatic heterocycles. The Kier molecular flexibility index (Phi) is 7.40. The monoisotopic (exact) mass is 414 g/mol. The lowest BCUT2D eigenvalue weighted by Crippen LogP contribution is -2.52. The summed E-state index contributed by atoms with van der Waals surface area (Å²) in [7, 11) is 4.05. The standard InChI is InChI=1S/C24H38N4O2/c1-18(2)16-28-19(3)22(10-11-23(28)29)24(30)26(5)17-20-6-8-21(9-7-20)27-14-12-25(4)13-15-27/h6-9,18-19,22H,10-17H2,1-5H3/t19-,22-/m1/s1. The van der Waals surface area contributed by atoms with Gasteiger partial charge in [0, 0.05) is 64.5 Å². The Morgan fingerprint density at radius 2 is 1.77 bits per heavy atom. The molecule has 166 valence electrons. The lowest BCUT2D eigenvalue weighted by Gasteiger charge is -2.40. The largest absolute Gasteiger partial charge is 0.369 e. The summed E-state index contributed by atoms with van der Waals surface area (Å²) in [5.74, 6) is 0.618. The molecule has 0 spiro atoms. The van der Waals surface area contributed by atoms with Crippen molar-refractivity contribution in [3.8, 4) is 0 Å². The second-order valence-corrected chi connectivity index (χ2v) is 9.48. The molecule has 0 aromatic heterocycles. The lowest BCUT2D eigenvalue weighted by molar-refractivity contribution is -0.147. The van der Waals surface area contributed by atoms with Crippen LogP contribution in [0.1, 0.15) is 39.2 Å². The third-order valence-electron chi connectivity index (χ3n) is 6.54. The van der Waals surface area contributed by atoms with Crippen LogP contribution in [0.4, 0.5) is 5.69 Å². The SMILES string of the molecule is CC(C)CN1C(=O)CC[C@@H](C(=O)N(C)Cc2ccc(N3CCN(C)CC3)cc2)[C@H]1C. The number of carbonyl (C=O) groups excluding carboxylic acids is 2. The molecule has 6 nitrogen and oxygen atoms in total. The highest BCUT2D eigenvalue weighted by atomic mass is 16.2. The minimum absolute atomic E-state index is 0.0387. The van der Waals surface area contributed by atoms with Gasteiger partial charge in [-0.3, -0.25) is 9.59 Å². The van der Waals surface area contributed by atoms with Crippen LogP contribution in [0.25, 0.3) is 0 Å². The fourth-order valence-corrected chi connectivity index (χ4v) is 4.61. The first-order valence-electron chi connectivity index (χ1n) is 11.3. The Hall–Kier alpha value is -2.08. The van der Waals surface area contributed by atoms with Crippen LogP contribution in [-0.2, 0) is 16.1 Å². The molecule has 2 saturated heterocycles. The predicted molar refractivity (Wildman–Crippen MR) is 121 cm³/mol. The van der Waals surface area contributed by atoms with Gasteiger partial charge in [-0.05, 0) is 44.0 Å². The number of hydrogen-bond acceptors (Lipinski definition) is 4. The van der Waals surface area contributed by atoms with Crippen molar-refractivity contribution < 1.29 is 9.59 Å². The number of anilines is 1. The number of likely N-dealkylation sites (N-methyl/N-ethyl adjacent to an activating group) is 1. The molecule has 0 unspecified atom stereocenters. The zero-order valence-corrected chi connectivity index (χ0v) is 19.3. The van der Waals surface area contributed by atoms with Crippen LogP contribution >= 0.6 is 0 Å². The molecule has 1 aromatic rings. The van der Waals surface area contributed by atoms with Crippen molar-refractivity contribution in [2.45, 2.75) is 46.2 Å². The molecule has 2 aliphatic rings. The summed E-state index contributed by atoms with van der Waals surface area (Å²) < 4.78 is 0. The molecule has 0 bridgehead atoms. The van der Waals surface area contributed by atoms with E-state index in [1.807, 2.05) is 23.8 Å². The van der Waals surface area contributed by atoms with Crippen molar-refractivity contribution in [1.29, 1.82) is 0 Å². The zero-order chi connectivity index (χ0) is 21.8. The number of piperazine rings is 1. The molecule has 0 saturated carbocycles. The van der Waals surface area contributed by atoms with Crippen molar-refractivity contribution in [2.24, 2.45) is 11.8 Å². The average molecular weight is 415 g/mol. The van der Waals surface area contributed by atoms with E-state index >= 15 is 0 Å². The number of rotatable bonds is 6. The van der Waals surface area contributed by atoms with Crippen LogP contribution in [0.3, 0.4) is 0 Å². The van der Waals surface area contributed by atoms with Crippen LogP contribution < -0.4 is 4.90 Å². The van der Waals surface area contributed by atoms with Crippen molar-refractivity contribution in [3.63, 3.8) is 0 Å². The summed E-state index contributed by atoms with van der Waals surface area (Å²) in [6.07, 6.45) is 1.13. The van der Waals surface area contributed by atoms with Gasteiger partial charge < -0.3 is 19.6 Å². The molecule has 3 rings (SSSR count). The summed E-state index contributed by atoms with van der Waals surface area (Å²) in [6, 6.07) is 8.58. The molecule has 0 aliphatic carbocycles. The number of carbonyl (C=O) groups is 2. The highest BCUT2D eigenvalue weighted by Crippen LogP contribution is 2.27. The van der Waals surface area contributed by atoms with E-state index in [-0.39, 0.29) is 23.8 Å². The van der Waals surface area contributed by atoms with Crippen LogP contribution in [0, 0.1) is 11.8 Å². The minimum Gasteiger partial charge on any atom is -0.369 e. The molecule has 0 N–H and O–H groups in total. The summed E-state index contributed by atoms with van der Waals surface area (Å²) in [5, 5.41) is 0. The number of hydrogen-bond donors (Lipinski definition) is 0. The molecule has 2 heterocycles. The Labute approximate surface area is 181 Å². The maximum atomic E-state index is 13.2. The van der Waals surface area contributed by atoms with Gasteiger partial charge in [0.1, 0.15) is 0 Å². The molecule has 30 heavy (non-hydrogen) atoms. The quantitative estimate of drug-likeness (QED) is 0.718. The molecule has 0 radical (unpaired) electrons. The van der Waals surface area contributed by atoms with Gasteiger partial charge in [-0.2, -0.15) is 0 Å². The molecule has 2 amide bonds. The van der Waals surface area contributed by atoms with E-state index in [0.717, 1.165) is 38.3 Å². The van der Waals surface area contributed by atoms with E-state index in [9.17, 15) is 9.59 Å². The molecule has 2 atom stereocenters. The highest BCUT2D eigenvalue weighted by molar-refractivity contribution is 5.84. The van der Waals surface area contributed by atoms with E-state index in [1.165, 1.54) is 5.69 Å². The van der Waals surface area contributed by atoms with Crippen molar-refractivity contribution in [3.05, 3.63) is 29.8 Å². The Morgan fingerprint density at radius 3 is 2.37 bits per heavy atom. The Bertz CT molecular complexity index is 725. The van der Waals surface area contributed by atoms with Crippen molar-refractivity contribution in [1.82, 2.24) is 14.7 Å². The number of benzene rings is 1. The van der Waals surface area contributed by atoms with Crippen molar-refractivity contribution >= 4 is 17.5 Å². The third kappa shape index (κ3) is 5.34. The van der Waals surface area contributed by atoms with Gasteiger partial charge in [-0.15, -0.1) is 0 Å². The third-order valence-corrected chi connectivity index (χ3v) is 6.54. The average Bonchev–Trinajstić information content (AvgIpc) is 2.72. The van der Waals surface area contributed by atoms with Gasteiger partial charge in [0.25, 0.3) is 0 Å². The van der Waals surface area contributed by atoms with Crippen LogP contribution in [0.15, 0.2) is 24.3 Å². The second-order valence-electron chi connectivity index (χ2n) is 9.48. The van der Waals surface area contributed by atoms with Gasteiger partial charge >= 0.3 is 0 Å². The van der Waals surface area contributed by atoms with Crippen LogP contribution in [-0.4, -0.2) is 79.4 Å². The van der Waals surface area contributed by atoms with Gasteiger partial charge in [0.15, 0.2) is 0 Å².